The van der Waals surface area contributed by atoms with Crippen molar-refractivity contribution < 1.29 is 9.90 Å². The summed E-state index contributed by atoms with van der Waals surface area (Å²) < 4.78 is 0. The number of phenolic OH excluding ortho intramolecular Hbond substituents is 1. The predicted molar refractivity (Wildman–Crippen MR) is 56.8 cm³/mol. The first-order chi connectivity index (χ1) is 7.13. The van der Waals surface area contributed by atoms with Crippen molar-refractivity contribution in [1.82, 2.24) is 0 Å². The van der Waals surface area contributed by atoms with E-state index in [0.717, 1.165) is 17.2 Å². The van der Waals surface area contributed by atoms with Crippen molar-refractivity contribution in [3.8, 4) is 5.75 Å². The lowest BCUT2D eigenvalue weighted by atomic mass is 9.93. The molecule has 3 nitrogen and oxygen atoms in total. The zero-order valence-corrected chi connectivity index (χ0v) is 8.82. The molecule has 1 unspecified atom stereocenters. The van der Waals surface area contributed by atoms with Gasteiger partial charge in [0.15, 0.2) is 0 Å². The first kappa shape index (κ1) is 9.90. The molecule has 0 bridgehead atoms. The fourth-order valence-electron chi connectivity index (χ4n) is 2.00. The van der Waals surface area contributed by atoms with Gasteiger partial charge >= 0.3 is 0 Å². The first-order valence-electron chi connectivity index (χ1n) is 5.06. The molecule has 1 aliphatic heterocycles. The third-order valence-corrected chi connectivity index (χ3v) is 2.87. The molecule has 0 spiro atoms. The van der Waals surface area contributed by atoms with Gasteiger partial charge in [0.25, 0.3) is 5.91 Å². The Labute approximate surface area is 87.8 Å². The molecule has 1 aromatic carbocycles. The highest BCUT2D eigenvalue weighted by molar-refractivity contribution is 5.89. The van der Waals surface area contributed by atoms with Crippen molar-refractivity contribution in [2.45, 2.75) is 20.3 Å². The average molecular weight is 203 g/mol. The molecule has 1 aromatic rings. The number of fused-ring (bicyclic) bond motifs is 1. The molecule has 0 saturated carbocycles. The molecule has 0 radical (unpaired) electrons. The quantitative estimate of drug-likeness (QED) is 0.732. The summed E-state index contributed by atoms with van der Waals surface area (Å²) in [5.41, 5.74) is 1.05. The summed E-state index contributed by atoms with van der Waals surface area (Å²) in [5, 5.41) is 10.9. The van der Waals surface area contributed by atoms with Crippen LogP contribution in [0.15, 0.2) is 23.2 Å². The maximum Gasteiger partial charge on any atom is 0.253 e. The van der Waals surface area contributed by atoms with E-state index < -0.39 is 0 Å². The monoisotopic (exact) mass is 203 g/mol. The van der Waals surface area contributed by atoms with Crippen LogP contribution in [-0.4, -0.2) is 11.0 Å². The van der Waals surface area contributed by atoms with E-state index in [9.17, 15) is 9.90 Å². The van der Waals surface area contributed by atoms with Gasteiger partial charge in [-0.3, -0.25) is 4.79 Å². The number of hydrogen-bond acceptors (Lipinski definition) is 2. The second-order valence-electron chi connectivity index (χ2n) is 3.80. The highest BCUT2D eigenvalue weighted by atomic mass is 16.3. The molecule has 15 heavy (non-hydrogen) atoms. The molecule has 1 N–H and O–H groups in total. The lowest BCUT2D eigenvalue weighted by molar-refractivity contribution is -0.120. The molecule has 1 heterocycles. The number of phenols is 1. The van der Waals surface area contributed by atoms with Gasteiger partial charge in [0, 0.05) is 11.3 Å². The molecule has 78 valence electrons. The van der Waals surface area contributed by atoms with Gasteiger partial charge in [-0.25, -0.2) is 4.99 Å². The summed E-state index contributed by atoms with van der Waals surface area (Å²) >= 11 is 0. The molecule has 1 aliphatic rings. The summed E-state index contributed by atoms with van der Waals surface area (Å²) in [7, 11) is 0. The van der Waals surface area contributed by atoms with E-state index in [-0.39, 0.29) is 17.6 Å². The molecular formula is C12H13NO2. The summed E-state index contributed by atoms with van der Waals surface area (Å²) in [6.07, 6.45) is 0.772. The van der Waals surface area contributed by atoms with Gasteiger partial charge in [-0.15, -0.1) is 0 Å². The minimum absolute atomic E-state index is 0.0953. The van der Waals surface area contributed by atoms with Gasteiger partial charge in [0.2, 0.25) is 0 Å². The van der Waals surface area contributed by atoms with Crippen molar-refractivity contribution >= 4 is 11.5 Å². The molecular weight excluding hydrogens is 190 g/mol. The van der Waals surface area contributed by atoms with Crippen molar-refractivity contribution in [3.63, 3.8) is 0 Å². The zero-order chi connectivity index (χ0) is 11.0. The van der Waals surface area contributed by atoms with Crippen LogP contribution < -0.4 is 10.6 Å². The Hall–Kier alpha value is -1.64. The minimum Gasteiger partial charge on any atom is -0.508 e. The number of amides is 1. The van der Waals surface area contributed by atoms with Gasteiger partial charge in [-0.1, -0.05) is 12.5 Å². The van der Waals surface area contributed by atoms with Crippen molar-refractivity contribution in [3.05, 3.63) is 28.8 Å². The topological polar surface area (TPSA) is 49.7 Å². The Balaban J connectivity index is 2.78. The van der Waals surface area contributed by atoms with Crippen molar-refractivity contribution in [1.29, 1.82) is 0 Å². The number of hydrogen-bond donors (Lipinski definition) is 1. The fraction of sp³-hybridized carbons (Fsp3) is 0.333. The molecule has 2 rings (SSSR count). The Morgan fingerprint density at radius 1 is 1.47 bits per heavy atom. The largest absolute Gasteiger partial charge is 0.508 e. The molecule has 1 atom stereocenters. The van der Waals surface area contributed by atoms with Crippen LogP contribution in [0.5, 0.6) is 5.75 Å². The van der Waals surface area contributed by atoms with Crippen LogP contribution in [0.25, 0.3) is 5.57 Å². The Kier molecular flexibility index (Phi) is 2.31. The highest BCUT2D eigenvalue weighted by Gasteiger charge is 2.21. The van der Waals surface area contributed by atoms with Gasteiger partial charge in [0.05, 0.1) is 11.3 Å². The number of rotatable bonds is 1. The lowest BCUT2D eigenvalue weighted by Gasteiger charge is -2.15. The second kappa shape index (κ2) is 3.50. The highest BCUT2D eigenvalue weighted by Crippen LogP contribution is 2.17. The van der Waals surface area contributed by atoms with Crippen LogP contribution in [0.1, 0.15) is 20.3 Å². The van der Waals surface area contributed by atoms with Crippen LogP contribution in [0.2, 0.25) is 0 Å². The van der Waals surface area contributed by atoms with Gasteiger partial charge in [-0.2, -0.15) is 0 Å². The Bertz CT molecular complexity index is 531. The van der Waals surface area contributed by atoms with E-state index in [0.29, 0.717) is 5.36 Å². The summed E-state index contributed by atoms with van der Waals surface area (Å²) in [5.74, 6) is -0.0526. The maximum atomic E-state index is 11.6. The Morgan fingerprint density at radius 3 is 2.87 bits per heavy atom. The minimum atomic E-state index is -0.104. The van der Waals surface area contributed by atoms with E-state index in [1.165, 1.54) is 6.07 Å². The number of aromatic hydroxyl groups is 1. The first-order valence-corrected chi connectivity index (χ1v) is 5.06. The maximum absolute atomic E-state index is 11.6. The third-order valence-electron chi connectivity index (χ3n) is 2.87. The van der Waals surface area contributed by atoms with Crippen LogP contribution in [0, 0.1) is 5.92 Å². The summed E-state index contributed by atoms with van der Waals surface area (Å²) in [4.78, 5) is 15.6. The fourth-order valence-corrected chi connectivity index (χ4v) is 2.00. The van der Waals surface area contributed by atoms with E-state index in [4.69, 9.17) is 0 Å². The van der Waals surface area contributed by atoms with E-state index in [1.807, 2.05) is 19.9 Å². The lowest BCUT2D eigenvalue weighted by Crippen LogP contribution is -2.36. The van der Waals surface area contributed by atoms with Crippen LogP contribution in [-0.2, 0) is 4.79 Å². The van der Waals surface area contributed by atoms with Crippen molar-refractivity contribution in [2.75, 3.05) is 0 Å². The van der Waals surface area contributed by atoms with E-state index in [1.54, 1.807) is 6.07 Å². The number of carbonyl (C=O) groups excluding carboxylic acids is 1. The average Bonchev–Trinajstić information content (AvgIpc) is 2.17. The van der Waals surface area contributed by atoms with Crippen molar-refractivity contribution in [2.24, 2.45) is 10.9 Å². The summed E-state index contributed by atoms with van der Waals surface area (Å²) in [6.45, 7) is 3.93. The summed E-state index contributed by atoms with van der Waals surface area (Å²) in [6, 6.07) is 4.97. The number of benzene rings is 1. The van der Waals surface area contributed by atoms with Gasteiger partial charge in [-0.05, 0) is 25.5 Å². The second-order valence-corrected chi connectivity index (χ2v) is 3.80. The smallest absolute Gasteiger partial charge is 0.253 e. The molecule has 3 heteroatoms. The molecule has 0 aliphatic carbocycles. The van der Waals surface area contributed by atoms with Crippen LogP contribution in [0.4, 0.5) is 0 Å². The number of nitrogens with zero attached hydrogens (tertiary/aromatic N) is 1. The van der Waals surface area contributed by atoms with Gasteiger partial charge < -0.3 is 5.11 Å². The normalized spacial score (nSPS) is 19.7. The van der Waals surface area contributed by atoms with E-state index >= 15 is 0 Å². The number of carbonyl (C=O) groups is 1. The van der Waals surface area contributed by atoms with Gasteiger partial charge in [0.1, 0.15) is 5.75 Å². The standard InChI is InChI=1S/C12H13NO2/c1-3-9-7(2)10-5-4-8(14)6-11(10)13-12(9)15/h4-6,9,14H,3H2,1-2H3. The van der Waals surface area contributed by atoms with E-state index in [2.05, 4.69) is 4.99 Å². The van der Waals surface area contributed by atoms with Crippen LogP contribution in [0.3, 0.4) is 0 Å². The molecule has 0 saturated heterocycles. The molecule has 0 fully saturated rings. The third kappa shape index (κ3) is 1.54. The van der Waals surface area contributed by atoms with Crippen LogP contribution >= 0.6 is 0 Å². The zero-order valence-electron chi connectivity index (χ0n) is 8.82. The predicted octanol–water partition coefficient (Wildman–Crippen LogP) is 0.749. The Morgan fingerprint density at radius 2 is 2.20 bits per heavy atom. The SMILES string of the molecule is CCC1C(=O)N=c2cc(O)ccc2=C1C. The molecule has 0 aromatic heterocycles. The molecule has 1 amide bonds.